The third kappa shape index (κ3) is 4.18. The average molecular weight is 416 g/mol. The van der Waals surface area contributed by atoms with Crippen LogP contribution in [0.5, 0.6) is 0 Å². The summed E-state index contributed by atoms with van der Waals surface area (Å²) in [5, 5.41) is 21.8. The summed E-state index contributed by atoms with van der Waals surface area (Å²) >= 11 is 0. The molecular weight excluding hydrogens is 392 g/mol. The molecule has 0 bridgehead atoms. The maximum Gasteiger partial charge on any atom is 0.225 e. The van der Waals surface area contributed by atoms with E-state index in [9.17, 15) is 4.79 Å². The van der Waals surface area contributed by atoms with Gasteiger partial charge >= 0.3 is 0 Å². The Morgan fingerprint density at radius 2 is 2.13 bits per heavy atom. The standard InChI is InChI=1S/C22H24N8O/c1-30-8-7-23-17(12-30)11-20(31)26-16-4-2-3-14(9-16)21-18-10-15(22-24-13-25-29-22)5-6-19(18)27-28-21/h2-6,9-10,13,17,23H,7-8,11-12H2,1H3,(H,26,31)(H,27,28)(H,24,25,29). The largest absolute Gasteiger partial charge is 0.326 e. The van der Waals surface area contributed by atoms with E-state index in [-0.39, 0.29) is 11.9 Å². The molecule has 4 aromatic rings. The number of aromatic nitrogens is 5. The molecule has 0 saturated carbocycles. The van der Waals surface area contributed by atoms with Crippen molar-refractivity contribution >= 4 is 22.5 Å². The summed E-state index contributed by atoms with van der Waals surface area (Å²) in [6.45, 7) is 2.79. The number of H-pyrrole nitrogens is 2. The van der Waals surface area contributed by atoms with Crippen LogP contribution < -0.4 is 10.6 Å². The summed E-state index contributed by atoms with van der Waals surface area (Å²) in [5.74, 6) is 0.710. The number of anilines is 1. The number of benzene rings is 2. The third-order valence-corrected chi connectivity index (χ3v) is 5.56. The lowest BCUT2D eigenvalue weighted by molar-refractivity contribution is -0.116. The molecule has 1 aliphatic heterocycles. The Kier molecular flexibility index (Phi) is 5.19. The molecule has 9 heteroatoms. The molecule has 31 heavy (non-hydrogen) atoms. The molecule has 0 radical (unpaired) electrons. The van der Waals surface area contributed by atoms with Crippen LogP contribution in [0.4, 0.5) is 5.69 Å². The van der Waals surface area contributed by atoms with Crippen molar-refractivity contribution < 1.29 is 4.79 Å². The molecule has 1 fully saturated rings. The SMILES string of the molecule is CN1CCNC(CC(=O)Nc2cccc(-c3n[nH]c4ccc(-c5ncn[nH]5)cc34)c2)C1. The zero-order valence-corrected chi connectivity index (χ0v) is 17.2. The van der Waals surface area contributed by atoms with Gasteiger partial charge in [-0.25, -0.2) is 4.98 Å². The predicted octanol–water partition coefficient (Wildman–Crippen LogP) is 2.25. The zero-order chi connectivity index (χ0) is 21.2. The topological polar surface area (TPSA) is 115 Å². The first-order valence-electron chi connectivity index (χ1n) is 10.3. The highest BCUT2D eigenvalue weighted by Crippen LogP contribution is 2.30. The molecule has 0 aliphatic carbocycles. The van der Waals surface area contributed by atoms with Crippen molar-refractivity contribution in [3.8, 4) is 22.6 Å². The van der Waals surface area contributed by atoms with Crippen LogP contribution >= 0.6 is 0 Å². The molecule has 1 unspecified atom stereocenters. The van der Waals surface area contributed by atoms with Gasteiger partial charge in [0.2, 0.25) is 5.91 Å². The highest BCUT2D eigenvalue weighted by molar-refractivity contribution is 5.97. The van der Waals surface area contributed by atoms with Crippen LogP contribution in [0.2, 0.25) is 0 Å². The van der Waals surface area contributed by atoms with E-state index in [1.54, 1.807) is 0 Å². The van der Waals surface area contributed by atoms with Gasteiger partial charge in [-0.2, -0.15) is 10.2 Å². The first kappa shape index (κ1) is 19.4. The number of aromatic amines is 2. The van der Waals surface area contributed by atoms with Crippen molar-refractivity contribution in [3.63, 3.8) is 0 Å². The Labute approximate surface area is 179 Å². The van der Waals surface area contributed by atoms with E-state index in [2.05, 4.69) is 48.0 Å². The molecular formula is C22H24N8O. The van der Waals surface area contributed by atoms with E-state index in [0.717, 1.165) is 53.0 Å². The molecule has 4 N–H and O–H groups in total. The molecule has 1 saturated heterocycles. The number of fused-ring (bicyclic) bond motifs is 1. The van der Waals surface area contributed by atoms with Crippen molar-refractivity contribution in [1.29, 1.82) is 0 Å². The summed E-state index contributed by atoms with van der Waals surface area (Å²) in [4.78, 5) is 19.0. The summed E-state index contributed by atoms with van der Waals surface area (Å²) in [7, 11) is 2.08. The van der Waals surface area contributed by atoms with Crippen LogP contribution in [-0.2, 0) is 4.79 Å². The fourth-order valence-electron chi connectivity index (χ4n) is 4.03. The average Bonchev–Trinajstić information content (AvgIpc) is 3.43. The normalized spacial score (nSPS) is 17.1. The van der Waals surface area contributed by atoms with Gasteiger partial charge in [-0.15, -0.1) is 0 Å². The van der Waals surface area contributed by atoms with E-state index in [4.69, 9.17) is 0 Å². The molecule has 3 heterocycles. The summed E-state index contributed by atoms with van der Waals surface area (Å²) in [6.07, 6.45) is 1.93. The van der Waals surface area contributed by atoms with Gasteiger partial charge in [0.1, 0.15) is 6.33 Å². The third-order valence-electron chi connectivity index (χ3n) is 5.56. The van der Waals surface area contributed by atoms with Crippen molar-refractivity contribution in [2.75, 3.05) is 32.0 Å². The number of hydrogen-bond acceptors (Lipinski definition) is 6. The fourth-order valence-corrected chi connectivity index (χ4v) is 4.03. The van der Waals surface area contributed by atoms with E-state index >= 15 is 0 Å². The van der Waals surface area contributed by atoms with Crippen LogP contribution in [0.1, 0.15) is 6.42 Å². The molecule has 2 aromatic heterocycles. The highest BCUT2D eigenvalue weighted by Gasteiger charge is 2.19. The Morgan fingerprint density at radius 3 is 2.97 bits per heavy atom. The number of nitrogens with one attached hydrogen (secondary N) is 4. The number of rotatable bonds is 5. The van der Waals surface area contributed by atoms with Crippen molar-refractivity contribution in [2.24, 2.45) is 0 Å². The second-order valence-electron chi connectivity index (χ2n) is 7.91. The van der Waals surface area contributed by atoms with Crippen LogP contribution in [0.15, 0.2) is 48.8 Å². The lowest BCUT2D eigenvalue weighted by atomic mass is 10.0. The van der Waals surface area contributed by atoms with Gasteiger partial charge in [-0.05, 0) is 37.4 Å². The minimum atomic E-state index is 0.00411. The van der Waals surface area contributed by atoms with E-state index in [0.29, 0.717) is 12.2 Å². The maximum atomic E-state index is 12.6. The van der Waals surface area contributed by atoms with E-state index < -0.39 is 0 Å². The Hall–Kier alpha value is -3.56. The molecule has 5 rings (SSSR count). The summed E-state index contributed by atoms with van der Waals surface area (Å²) < 4.78 is 0. The molecule has 1 aliphatic rings. The number of amides is 1. The number of piperazine rings is 1. The zero-order valence-electron chi connectivity index (χ0n) is 17.2. The molecule has 2 aromatic carbocycles. The molecule has 158 valence electrons. The molecule has 9 nitrogen and oxygen atoms in total. The highest BCUT2D eigenvalue weighted by atomic mass is 16.1. The monoisotopic (exact) mass is 416 g/mol. The predicted molar refractivity (Wildman–Crippen MR) is 119 cm³/mol. The smallest absolute Gasteiger partial charge is 0.225 e. The van der Waals surface area contributed by atoms with Gasteiger partial charge in [-0.3, -0.25) is 15.0 Å². The minimum Gasteiger partial charge on any atom is -0.326 e. The van der Waals surface area contributed by atoms with E-state index in [1.807, 2.05) is 42.5 Å². The van der Waals surface area contributed by atoms with Crippen LogP contribution in [0.3, 0.4) is 0 Å². The van der Waals surface area contributed by atoms with Gasteiger partial charge in [0.05, 0.1) is 11.2 Å². The maximum absolute atomic E-state index is 12.6. The van der Waals surface area contributed by atoms with Gasteiger partial charge in [0.15, 0.2) is 5.82 Å². The number of likely N-dealkylation sites (N-methyl/N-ethyl adjacent to an activating group) is 1. The second-order valence-corrected chi connectivity index (χ2v) is 7.91. The van der Waals surface area contributed by atoms with Gasteiger partial charge in [-0.1, -0.05) is 12.1 Å². The van der Waals surface area contributed by atoms with Gasteiger partial charge < -0.3 is 15.5 Å². The molecule has 0 spiro atoms. The number of carbonyl (C=O) groups is 1. The van der Waals surface area contributed by atoms with Crippen LogP contribution in [0.25, 0.3) is 33.5 Å². The summed E-state index contributed by atoms with van der Waals surface area (Å²) in [6, 6.07) is 13.9. The number of hydrogen-bond donors (Lipinski definition) is 4. The van der Waals surface area contributed by atoms with Gasteiger partial charge in [0.25, 0.3) is 0 Å². The van der Waals surface area contributed by atoms with Crippen molar-refractivity contribution in [1.82, 2.24) is 35.6 Å². The Balaban J connectivity index is 1.37. The fraction of sp³-hybridized carbons (Fsp3) is 0.273. The van der Waals surface area contributed by atoms with E-state index in [1.165, 1.54) is 6.33 Å². The first-order chi connectivity index (χ1) is 15.2. The molecule has 1 amide bonds. The quantitative estimate of drug-likeness (QED) is 0.397. The van der Waals surface area contributed by atoms with Crippen LogP contribution in [-0.4, -0.2) is 68.9 Å². The second kappa shape index (κ2) is 8.29. The number of nitrogens with zero attached hydrogens (tertiary/aromatic N) is 4. The summed E-state index contributed by atoms with van der Waals surface area (Å²) in [5.41, 5.74) is 4.37. The Bertz CT molecular complexity index is 1200. The van der Waals surface area contributed by atoms with Crippen molar-refractivity contribution in [3.05, 3.63) is 48.8 Å². The Morgan fingerprint density at radius 1 is 1.19 bits per heavy atom. The first-order valence-corrected chi connectivity index (χ1v) is 10.3. The van der Waals surface area contributed by atoms with Crippen molar-refractivity contribution in [2.45, 2.75) is 12.5 Å². The lowest BCUT2D eigenvalue weighted by Gasteiger charge is -2.30. The lowest BCUT2D eigenvalue weighted by Crippen LogP contribution is -2.50. The number of carbonyl (C=O) groups excluding carboxylic acids is 1. The van der Waals surface area contributed by atoms with Gasteiger partial charge in [0, 0.05) is 54.3 Å². The van der Waals surface area contributed by atoms with Crippen LogP contribution in [0, 0.1) is 0 Å². The molecule has 1 atom stereocenters. The minimum absolute atomic E-state index is 0.00411.